The van der Waals surface area contributed by atoms with Gasteiger partial charge in [0.1, 0.15) is 11.5 Å². The van der Waals surface area contributed by atoms with Gasteiger partial charge in [-0.1, -0.05) is 29.8 Å². The average Bonchev–Trinajstić information content (AvgIpc) is 3.29. The van der Waals surface area contributed by atoms with Crippen LogP contribution in [0, 0.1) is 18.6 Å². The van der Waals surface area contributed by atoms with Gasteiger partial charge in [-0.25, -0.2) is 18.7 Å². The first-order chi connectivity index (χ1) is 13.0. The molecule has 0 radical (unpaired) electrons. The Morgan fingerprint density at radius 2 is 2.04 bits per heavy atom. The monoisotopic (exact) mass is 385 g/mol. The van der Waals surface area contributed by atoms with Crippen molar-refractivity contribution in [2.24, 2.45) is 4.99 Å². The highest BCUT2D eigenvalue weighted by atomic mass is 35.5. The van der Waals surface area contributed by atoms with Gasteiger partial charge in [0.25, 0.3) is 0 Å². The lowest BCUT2D eigenvalue weighted by molar-refractivity contribution is 0.583. The summed E-state index contributed by atoms with van der Waals surface area (Å²) in [4.78, 5) is 12.3. The lowest BCUT2D eigenvalue weighted by Gasteiger charge is -2.08. The number of hydrogen-bond donors (Lipinski definition) is 0. The second kappa shape index (κ2) is 7.00. The van der Waals surface area contributed by atoms with E-state index in [1.54, 1.807) is 16.8 Å². The van der Waals surface area contributed by atoms with Crippen LogP contribution in [-0.4, -0.2) is 32.0 Å². The Labute approximate surface area is 159 Å². The Hall–Kier alpha value is -2.93. The van der Waals surface area contributed by atoms with Gasteiger partial charge in [0.2, 0.25) is 0 Å². The van der Waals surface area contributed by atoms with E-state index in [0.29, 0.717) is 23.5 Å². The molecule has 0 saturated heterocycles. The largest absolute Gasteiger partial charge is 0.279 e. The summed E-state index contributed by atoms with van der Waals surface area (Å²) < 4.78 is 29.3. The summed E-state index contributed by atoms with van der Waals surface area (Å²) in [6.07, 6.45) is 4.79. The summed E-state index contributed by atoms with van der Waals surface area (Å²) in [6.45, 7) is 2.62. The SMILES string of the molecule is Cc1ccc(Cn2nc(-c3ncc(F)c(Cl)n3)cc2C2=NCC=C2)c(F)c1. The van der Waals surface area contributed by atoms with Crippen molar-refractivity contribution in [3.8, 4) is 11.5 Å². The third-order valence-electron chi connectivity index (χ3n) is 4.14. The highest BCUT2D eigenvalue weighted by Crippen LogP contribution is 2.22. The van der Waals surface area contributed by atoms with E-state index in [1.165, 1.54) is 6.07 Å². The number of hydrogen-bond acceptors (Lipinski definition) is 4. The van der Waals surface area contributed by atoms with Crippen LogP contribution < -0.4 is 0 Å². The molecule has 5 nitrogen and oxygen atoms in total. The van der Waals surface area contributed by atoms with Crippen LogP contribution in [0.15, 0.2) is 47.6 Å². The first-order valence-electron chi connectivity index (χ1n) is 8.24. The molecule has 1 aliphatic rings. The fraction of sp³-hybridized carbons (Fsp3) is 0.158. The molecule has 136 valence electrons. The Morgan fingerprint density at radius 1 is 1.19 bits per heavy atom. The molecule has 0 aliphatic carbocycles. The second-order valence-electron chi connectivity index (χ2n) is 6.13. The molecule has 0 unspecified atom stereocenters. The van der Waals surface area contributed by atoms with Gasteiger partial charge in [0.15, 0.2) is 16.8 Å². The summed E-state index contributed by atoms with van der Waals surface area (Å²) in [5, 5.41) is 4.20. The van der Waals surface area contributed by atoms with Gasteiger partial charge >= 0.3 is 0 Å². The van der Waals surface area contributed by atoms with Crippen molar-refractivity contribution in [2.45, 2.75) is 13.5 Å². The molecule has 3 aromatic rings. The Kier molecular flexibility index (Phi) is 4.53. The van der Waals surface area contributed by atoms with Crippen LogP contribution in [0.2, 0.25) is 5.15 Å². The smallest absolute Gasteiger partial charge is 0.181 e. The lowest BCUT2D eigenvalue weighted by atomic mass is 10.1. The summed E-state index contributed by atoms with van der Waals surface area (Å²) in [6, 6.07) is 6.80. The normalized spacial score (nSPS) is 13.3. The predicted molar refractivity (Wildman–Crippen MR) is 99.0 cm³/mol. The third kappa shape index (κ3) is 3.50. The number of aromatic nitrogens is 4. The van der Waals surface area contributed by atoms with E-state index in [9.17, 15) is 8.78 Å². The van der Waals surface area contributed by atoms with Crippen LogP contribution in [-0.2, 0) is 6.54 Å². The third-order valence-corrected chi connectivity index (χ3v) is 4.41. The highest BCUT2D eigenvalue weighted by molar-refractivity contribution is 6.29. The zero-order valence-electron chi connectivity index (χ0n) is 14.3. The van der Waals surface area contributed by atoms with Crippen molar-refractivity contribution in [3.63, 3.8) is 0 Å². The fourth-order valence-corrected chi connectivity index (χ4v) is 2.93. The van der Waals surface area contributed by atoms with Crippen molar-refractivity contribution in [2.75, 3.05) is 6.54 Å². The summed E-state index contributed by atoms with van der Waals surface area (Å²) in [7, 11) is 0. The lowest BCUT2D eigenvalue weighted by Crippen LogP contribution is -2.11. The maximum absolute atomic E-state index is 14.3. The number of aliphatic imine (C=N–C) groups is 1. The number of allylic oxidation sites excluding steroid dienone is 1. The molecule has 0 amide bonds. The molecule has 0 saturated carbocycles. The molecule has 0 spiro atoms. The van der Waals surface area contributed by atoms with Crippen LogP contribution in [0.1, 0.15) is 16.8 Å². The standard InChI is InChI=1S/C19H14ClF2N5/c1-11-4-5-12(13(21)7-11)10-27-17(15-3-2-6-23-15)8-16(26-27)19-24-9-14(22)18(20)25-19/h2-5,7-9H,6,10H2,1H3. The Bertz CT molecular complexity index is 1090. The minimum atomic E-state index is -0.704. The van der Waals surface area contributed by atoms with E-state index in [0.717, 1.165) is 17.5 Å². The minimum Gasteiger partial charge on any atom is -0.279 e. The summed E-state index contributed by atoms with van der Waals surface area (Å²) >= 11 is 5.76. The van der Waals surface area contributed by atoms with Gasteiger partial charge in [-0.05, 0) is 30.7 Å². The Balaban J connectivity index is 1.78. The van der Waals surface area contributed by atoms with Crippen LogP contribution in [0.3, 0.4) is 0 Å². The zero-order chi connectivity index (χ0) is 19.0. The van der Waals surface area contributed by atoms with Crippen molar-refractivity contribution in [1.82, 2.24) is 19.7 Å². The number of aryl methyl sites for hydroxylation is 1. The van der Waals surface area contributed by atoms with Crippen molar-refractivity contribution >= 4 is 17.3 Å². The van der Waals surface area contributed by atoms with Gasteiger partial charge in [-0.15, -0.1) is 0 Å². The number of nitrogens with zero attached hydrogens (tertiary/aromatic N) is 5. The minimum absolute atomic E-state index is 0.188. The molecule has 2 aromatic heterocycles. The average molecular weight is 386 g/mol. The molecule has 0 atom stereocenters. The molecule has 4 rings (SSSR count). The molecular weight excluding hydrogens is 372 g/mol. The number of benzene rings is 1. The number of halogens is 3. The number of rotatable bonds is 4. The van der Waals surface area contributed by atoms with Crippen molar-refractivity contribution in [3.05, 3.63) is 76.2 Å². The predicted octanol–water partition coefficient (Wildman–Crippen LogP) is 3.99. The molecule has 0 N–H and O–H groups in total. The first-order valence-corrected chi connectivity index (χ1v) is 8.62. The van der Waals surface area contributed by atoms with Gasteiger partial charge in [-0.2, -0.15) is 5.10 Å². The zero-order valence-corrected chi connectivity index (χ0v) is 15.1. The molecule has 0 fully saturated rings. The summed E-state index contributed by atoms with van der Waals surface area (Å²) in [5.74, 6) is -0.818. The fourth-order valence-electron chi connectivity index (χ4n) is 2.80. The second-order valence-corrected chi connectivity index (χ2v) is 6.49. The quantitative estimate of drug-likeness (QED) is 0.638. The van der Waals surface area contributed by atoms with E-state index >= 15 is 0 Å². The van der Waals surface area contributed by atoms with E-state index in [4.69, 9.17) is 11.6 Å². The molecule has 1 aliphatic heterocycles. The van der Waals surface area contributed by atoms with E-state index in [-0.39, 0.29) is 23.3 Å². The molecule has 3 heterocycles. The molecular formula is C19H14ClF2N5. The van der Waals surface area contributed by atoms with Crippen LogP contribution in [0.4, 0.5) is 8.78 Å². The van der Waals surface area contributed by atoms with Gasteiger partial charge in [0, 0.05) is 5.56 Å². The van der Waals surface area contributed by atoms with Crippen LogP contribution >= 0.6 is 11.6 Å². The van der Waals surface area contributed by atoms with Crippen LogP contribution in [0.5, 0.6) is 0 Å². The molecule has 27 heavy (non-hydrogen) atoms. The highest BCUT2D eigenvalue weighted by Gasteiger charge is 2.18. The van der Waals surface area contributed by atoms with E-state index in [2.05, 4.69) is 20.1 Å². The van der Waals surface area contributed by atoms with Crippen molar-refractivity contribution in [1.29, 1.82) is 0 Å². The molecule has 1 aromatic carbocycles. The van der Waals surface area contributed by atoms with Gasteiger partial charge in [0.05, 0.1) is 30.7 Å². The molecule has 8 heteroatoms. The maximum Gasteiger partial charge on any atom is 0.181 e. The van der Waals surface area contributed by atoms with Crippen molar-refractivity contribution < 1.29 is 8.78 Å². The summed E-state index contributed by atoms with van der Waals surface area (Å²) in [5.41, 5.74) is 3.17. The van der Waals surface area contributed by atoms with Crippen LogP contribution in [0.25, 0.3) is 11.5 Å². The van der Waals surface area contributed by atoms with E-state index in [1.807, 2.05) is 25.1 Å². The van der Waals surface area contributed by atoms with Gasteiger partial charge < -0.3 is 0 Å². The Morgan fingerprint density at radius 3 is 2.74 bits per heavy atom. The molecule has 0 bridgehead atoms. The topological polar surface area (TPSA) is 56.0 Å². The van der Waals surface area contributed by atoms with Gasteiger partial charge in [-0.3, -0.25) is 9.67 Å². The first kappa shape index (κ1) is 17.5. The maximum atomic E-state index is 14.3. The van der Waals surface area contributed by atoms with E-state index < -0.39 is 5.82 Å².